The van der Waals surface area contributed by atoms with Crippen LogP contribution in [0.4, 0.5) is 5.82 Å². The van der Waals surface area contributed by atoms with Crippen molar-refractivity contribution < 1.29 is 4.79 Å². The van der Waals surface area contributed by atoms with E-state index in [-0.39, 0.29) is 11.7 Å². The van der Waals surface area contributed by atoms with Crippen LogP contribution in [0.25, 0.3) is 10.2 Å². The van der Waals surface area contributed by atoms with Crippen molar-refractivity contribution in [3.8, 4) is 0 Å². The average Bonchev–Trinajstić information content (AvgIpc) is 3.12. The second kappa shape index (κ2) is 5.27. The van der Waals surface area contributed by atoms with Gasteiger partial charge in [-0.25, -0.2) is 14.6 Å². The molecule has 1 fully saturated rings. The second-order valence-electron chi connectivity index (χ2n) is 5.49. The minimum Gasteiger partial charge on any atom is -0.364 e. The Morgan fingerprint density at radius 1 is 1.43 bits per heavy atom. The fraction of sp³-hybridized carbons (Fsp3) is 0.357. The van der Waals surface area contributed by atoms with E-state index in [1.807, 2.05) is 0 Å². The highest BCUT2D eigenvalue weighted by Crippen LogP contribution is 2.34. The molecule has 4 heterocycles. The standard InChI is InChI=1S/C14H15N7OS/c1-2-9-3-10-13(16-7-17-14(10)23-9)20-4-8(5-20)21-6-11(12(15)22)18-19-21/h3,6-8H,2,4-5H2,1H3,(H2,15,22). The molecule has 9 heteroatoms. The lowest BCUT2D eigenvalue weighted by Gasteiger charge is -2.39. The fourth-order valence-corrected chi connectivity index (χ4v) is 3.61. The smallest absolute Gasteiger partial charge is 0.270 e. The zero-order valence-corrected chi connectivity index (χ0v) is 13.3. The molecule has 0 radical (unpaired) electrons. The molecule has 0 atom stereocenters. The maximum Gasteiger partial charge on any atom is 0.270 e. The molecule has 1 aliphatic rings. The molecule has 23 heavy (non-hydrogen) atoms. The molecule has 3 aromatic rings. The summed E-state index contributed by atoms with van der Waals surface area (Å²) in [6.45, 7) is 3.68. The highest BCUT2D eigenvalue weighted by atomic mass is 32.1. The van der Waals surface area contributed by atoms with E-state index in [1.54, 1.807) is 28.5 Å². The lowest BCUT2D eigenvalue weighted by atomic mass is 10.1. The van der Waals surface area contributed by atoms with Crippen LogP contribution in [0.5, 0.6) is 0 Å². The van der Waals surface area contributed by atoms with Gasteiger partial charge in [0.1, 0.15) is 17.0 Å². The molecule has 1 aliphatic heterocycles. The number of hydrogen-bond acceptors (Lipinski definition) is 7. The quantitative estimate of drug-likeness (QED) is 0.766. The van der Waals surface area contributed by atoms with Crippen molar-refractivity contribution in [1.82, 2.24) is 25.0 Å². The van der Waals surface area contributed by atoms with Gasteiger partial charge < -0.3 is 10.6 Å². The van der Waals surface area contributed by atoms with Crippen LogP contribution in [0, 0.1) is 0 Å². The number of aryl methyl sites for hydroxylation is 1. The van der Waals surface area contributed by atoms with E-state index in [1.165, 1.54) is 4.88 Å². The number of thiophene rings is 1. The number of hydrogen-bond donors (Lipinski definition) is 1. The summed E-state index contributed by atoms with van der Waals surface area (Å²) in [7, 11) is 0. The molecule has 2 N–H and O–H groups in total. The summed E-state index contributed by atoms with van der Waals surface area (Å²) in [6.07, 6.45) is 4.21. The number of anilines is 1. The summed E-state index contributed by atoms with van der Waals surface area (Å²) >= 11 is 1.71. The number of rotatable bonds is 4. The SMILES string of the molecule is CCc1cc2c(N3CC(n4cc(C(N)=O)nn4)C3)ncnc2s1. The summed E-state index contributed by atoms with van der Waals surface area (Å²) < 4.78 is 1.69. The van der Waals surface area contributed by atoms with Gasteiger partial charge in [-0.05, 0) is 12.5 Å². The number of fused-ring (bicyclic) bond motifs is 1. The van der Waals surface area contributed by atoms with E-state index in [4.69, 9.17) is 5.73 Å². The van der Waals surface area contributed by atoms with Gasteiger partial charge in [-0.15, -0.1) is 16.4 Å². The monoisotopic (exact) mass is 329 g/mol. The Balaban J connectivity index is 1.55. The largest absolute Gasteiger partial charge is 0.364 e. The van der Waals surface area contributed by atoms with Gasteiger partial charge in [0.2, 0.25) is 0 Å². The summed E-state index contributed by atoms with van der Waals surface area (Å²) in [4.78, 5) is 24.4. The molecule has 0 spiro atoms. The van der Waals surface area contributed by atoms with Gasteiger partial charge in [-0.1, -0.05) is 12.1 Å². The Morgan fingerprint density at radius 3 is 2.96 bits per heavy atom. The number of carbonyl (C=O) groups excluding carboxylic acids is 1. The number of nitrogens with two attached hydrogens (primary N) is 1. The number of carbonyl (C=O) groups is 1. The maximum absolute atomic E-state index is 11.1. The first-order valence-electron chi connectivity index (χ1n) is 7.35. The summed E-state index contributed by atoms with van der Waals surface area (Å²) in [5.41, 5.74) is 5.39. The molecule has 0 unspecified atom stereocenters. The topological polar surface area (TPSA) is 103 Å². The number of nitrogens with zero attached hydrogens (tertiary/aromatic N) is 6. The fourth-order valence-electron chi connectivity index (χ4n) is 2.68. The van der Waals surface area contributed by atoms with Gasteiger partial charge in [0.25, 0.3) is 5.91 Å². The van der Waals surface area contributed by atoms with Crippen molar-refractivity contribution in [3.63, 3.8) is 0 Å². The van der Waals surface area contributed by atoms with Crippen LogP contribution in [0.3, 0.4) is 0 Å². The first-order chi connectivity index (χ1) is 11.2. The van der Waals surface area contributed by atoms with Gasteiger partial charge in [0, 0.05) is 18.0 Å². The van der Waals surface area contributed by atoms with Crippen molar-refractivity contribution in [3.05, 3.63) is 29.2 Å². The summed E-state index contributed by atoms with van der Waals surface area (Å²) in [5, 5.41) is 8.85. The molecule has 0 saturated carbocycles. The lowest BCUT2D eigenvalue weighted by Crippen LogP contribution is -2.48. The molecule has 0 aliphatic carbocycles. The van der Waals surface area contributed by atoms with Crippen LogP contribution < -0.4 is 10.6 Å². The zero-order valence-electron chi connectivity index (χ0n) is 12.5. The first kappa shape index (κ1) is 14.1. The summed E-state index contributed by atoms with van der Waals surface area (Å²) in [5.74, 6) is 0.396. The zero-order chi connectivity index (χ0) is 16.0. The Kier molecular flexibility index (Phi) is 3.22. The van der Waals surface area contributed by atoms with Crippen LogP contribution in [0.2, 0.25) is 0 Å². The van der Waals surface area contributed by atoms with Crippen molar-refractivity contribution in [2.24, 2.45) is 5.73 Å². The van der Waals surface area contributed by atoms with Crippen molar-refractivity contribution in [1.29, 1.82) is 0 Å². The van der Waals surface area contributed by atoms with Crippen molar-refractivity contribution in [2.45, 2.75) is 19.4 Å². The van der Waals surface area contributed by atoms with Crippen LogP contribution in [0.1, 0.15) is 28.3 Å². The van der Waals surface area contributed by atoms with Gasteiger partial charge in [-0.3, -0.25) is 4.79 Å². The van der Waals surface area contributed by atoms with Gasteiger partial charge >= 0.3 is 0 Å². The maximum atomic E-state index is 11.1. The molecule has 1 saturated heterocycles. The molecule has 1 amide bonds. The van der Waals surface area contributed by atoms with E-state index in [2.05, 4.69) is 38.2 Å². The van der Waals surface area contributed by atoms with Crippen molar-refractivity contribution >= 4 is 33.3 Å². The molecule has 0 aromatic carbocycles. The van der Waals surface area contributed by atoms with E-state index in [0.717, 1.165) is 35.5 Å². The molecular weight excluding hydrogens is 314 g/mol. The minimum atomic E-state index is -0.560. The molecular formula is C14H15N7OS. The van der Waals surface area contributed by atoms with E-state index < -0.39 is 5.91 Å². The lowest BCUT2D eigenvalue weighted by molar-refractivity contribution is 0.0995. The molecule has 8 nitrogen and oxygen atoms in total. The minimum absolute atomic E-state index is 0.171. The van der Waals surface area contributed by atoms with E-state index in [0.29, 0.717) is 0 Å². The van der Waals surface area contributed by atoms with Crippen LogP contribution in [-0.2, 0) is 6.42 Å². The highest BCUT2D eigenvalue weighted by Gasteiger charge is 2.32. The Hall–Kier alpha value is -2.55. The van der Waals surface area contributed by atoms with Crippen LogP contribution in [0.15, 0.2) is 18.6 Å². The van der Waals surface area contributed by atoms with Crippen LogP contribution in [-0.4, -0.2) is 44.0 Å². The van der Waals surface area contributed by atoms with Crippen LogP contribution >= 0.6 is 11.3 Å². The number of primary amides is 1. The van der Waals surface area contributed by atoms with Gasteiger partial charge in [0.15, 0.2) is 5.69 Å². The number of amides is 1. The van der Waals surface area contributed by atoms with Crippen molar-refractivity contribution in [2.75, 3.05) is 18.0 Å². The third kappa shape index (κ3) is 2.33. The highest BCUT2D eigenvalue weighted by molar-refractivity contribution is 7.18. The number of aromatic nitrogens is 5. The van der Waals surface area contributed by atoms with E-state index >= 15 is 0 Å². The Bertz CT molecular complexity index is 880. The molecule has 0 bridgehead atoms. The first-order valence-corrected chi connectivity index (χ1v) is 8.17. The van der Waals surface area contributed by atoms with Gasteiger partial charge in [-0.2, -0.15) is 0 Å². The third-order valence-corrected chi connectivity index (χ3v) is 5.19. The molecule has 3 aromatic heterocycles. The Morgan fingerprint density at radius 2 is 2.26 bits per heavy atom. The normalized spacial score (nSPS) is 15.1. The third-order valence-electron chi connectivity index (χ3n) is 4.01. The van der Waals surface area contributed by atoms with Gasteiger partial charge in [0.05, 0.1) is 17.6 Å². The molecule has 4 rings (SSSR count). The predicted molar refractivity (Wildman–Crippen MR) is 86.6 cm³/mol. The molecule has 118 valence electrons. The van der Waals surface area contributed by atoms with E-state index in [9.17, 15) is 4.79 Å². The Labute approximate surface area is 135 Å². The summed E-state index contributed by atoms with van der Waals surface area (Å²) in [6, 6.07) is 2.34. The second-order valence-corrected chi connectivity index (χ2v) is 6.60. The average molecular weight is 329 g/mol. The predicted octanol–water partition coefficient (Wildman–Crippen LogP) is 1.01.